The van der Waals surface area contributed by atoms with Gasteiger partial charge in [-0.1, -0.05) is 11.6 Å². The predicted molar refractivity (Wildman–Crippen MR) is 77.7 cm³/mol. The van der Waals surface area contributed by atoms with Gasteiger partial charge in [0.1, 0.15) is 5.69 Å². The molecule has 0 fully saturated rings. The maximum atomic E-state index is 11.6. The number of aromatic nitrogens is 2. The third-order valence-corrected chi connectivity index (χ3v) is 3.20. The first-order valence-corrected chi connectivity index (χ1v) is 6.48. The monoisotopic (exact) mass is 294 g/mol. The first kappa shape index (κ1) is 14.4. The lowest BCUT2D eigenvalue weighted by atomic mass is 10.1. The number of hydrogen-bond acceptors (Lipinski definition) is 4. The van der Waals surface area contributed by atoms with E-state index in [1.807, 2.05) is 13.0 Å². The van der Waals surface area contributed by atoms with Gasteiger partial charge in [0.2, 0.25) is 0 Å². The summed E-state index contributed by atoms with van der Waals surface area (Å²) in [6, 6.07) is 6.73. The highest BCUT2D eigenvalue weighted by Gasteiger charge is 2.12. The van der Waals surface area contributed by atoms with Crippen molar-refractivity contribution in [1.82, 2.24) is 9.78 Å². The van der Waals surface area contributed by atoms with Crippen molar-refractivity contribution >= 4 is 11.6 Å². The van der Waals surface area contributed by atoms with Crippen molar-refractivity contribution in [2.75, 3.05) is 14.2 Å². The van der Waals surface area contributed by atoms with E-state index in [-0.39, 0.29) is 5.56 Å². The molecule has 0 amide bonds. The van der Waals surface area contributed by atoms with Gasteiger partial charge in [-0.15, -0.1) is 0 Å². The van der Waals surface area contributed by atoms with Crippen molar-refractivity contribution in [2.45, 2.75) is 13.5 Å². The van der Waals surface area contributed by atoms with Crippen LogP contribution in [0.15, 0.2) is 29.1 Å². The summed E-state index contributed by atoms with van der Waals surface area (Å²) < 4.78 is 11.8. The summed E-state index contributed by atoms with van der Waals surface area (Å²) in [7, 11) is 3.13. The quantitative estimate of drug-likeness (QED) is 0.870. The topological polar surface area (TPSA) is 53.4 Å². The highest BCUT2D eigenvalue weighted by molar-refractivity contribution is 6.32. The molecule has 0 aliphatic heterocycles. The second kappa shape index (κ2) is 5.96. The van der Waals surface area contributed by atoms with Crippen LogP contribution in [-0.4, -0.2) is 24.0 Å². The Kier molecular flexibility index (Phi) is 4.29. The van der Waals surface area contributed by atoms with Crippen molar-refractivity contribution in [1.29, 1.82) is 0 Å². The molecule has 0 unspecified atom stereocenters. The number of methoxy groups -OCH3 is 2. The maximum absolute atomic E-state index is 11.6. The number of hydrogen-bond donors (Lipinski definition) is 0. The fourth-order valence-corrected chi connectivity index (χ4v) is 2.11. The highest BCUT2D eigenvalue weighted by atomic mass is 35.5. The van der Waals surface area contributed by atoms with Gasteiger partial charge in [0.05, 0.1) is 19.2 Å². The summed E-state index contributed by atoms with van der Waals surface area (Å²) in [4.78, 5) is 11.6. The Balaban J connectivity index is 2.59. The molecule has 0 aliphatic carbocycles. The third-order valence-electron chi connectivity index (χ3n) is 2.91. The van der Waals surface area contributed by atoms with Gasteiger partial charge in [0.15, 0.2) is 11.5 Å². The minimum Gasteiger partial charge on any atom is -0.493 e. The summed E-state index contributed by atoms with van der Waals surface area (Å²) in [6.45, 7) is 2.33. The standard InChI is InChI=1S/C14H15ClN2O3/c1-4-17-13(18)8-10(15)14(16-17)9-5-6-11(19-2)12(7-9)20-3/h5-8H,4H2,1-3H3. The Morgan fingerprint density at radius 2 is 1.90 bits per heavy atom. The first-order valence-electron chi connectivity index (χ1n) is 6.10. The molecule has 1 aromatic heterocycles. The van der Waals surface area contributed by atoms with E-state index in [1.165, 1.54) is 10.7 Å². The molecule has 2 aromatic rings. The molecule has 0 atom stereocenters. The Labute approximate surface area is 121 Å². The average molecular weight is 295 g/mol. The molecule has 106 valence electrons. The van der Waals surface area contributed by atoms with E-state index in [1.54, 1.807) is 26.4 Å². The van der Waals surface area contributed by atoms with Gasteiger partial charge in [-0.25, -0.2) is 4.68 Å². The van der Waals surface area contributed by atoms with E-state index >= 15 is 0 Å². The van der Waals surface area contributed by atoms with Crippen LogP contribution < -0.4 is 15.0 Å². The molecule has 0 spiro atoms. The van der Waals surface area contributed by atoms with Gasteiger partial charge in [-0.05, 0) is 25.1 Å². The normalized spacial score (nSPS) is 10.4. The van der Waals surface area contributed by atoms with Gasteiger partial charge >= 0.3 is 0 Å². The molecule has 0 aliphatic rings. The fraction of sp³-hybridized carbons (Fsp3) is 0.286. The summed E-state index contributed by atoms with van der Waals surface area (Å²) >= 11 is 6.11. The summed E-state index contributed by atoms with van der Waals surface area (Å²) in [6.07, 6.45) is 0. The first-order chi connectivity index (χ1) is 9.60. The van der Waals surface area contributed by atoms with Gasteiger partial charge in [-0.2, -0.15) is 5.10 Å². The van der Waals surface area contributed by atoms with Crippen LogP contribution in [0.3, 0.4) is 0 Å². The van der Waals surface area contributed by atoms with Gasteiger partial charge in [0, 0.05) is 18.2 Å². The molecule has 1 aromatic carbocycles. The number of benzene rings is 1. The maximum Gasteiger partial charge on any atom is 0.268 e. The van der Waals surface area contributed by atoms with Crippen molar-refractivity contribution in [2.24, 2.45) is 0 Å². The predicted octanol–water partition coefficient (Wildman–Crippen LogP) is 2.60. The van der Waals surface area contributed by atoms with Crippen LogP contribution in [0, 0.1) is 0 Å². The van der Waals surface area contributed by atoms with E-state index in [0.29, 0.717) is 28.8 Å². The molecule has 1 heterocycles. The van der Waals surface area contributed by atoms with Gasteiger partial charge in [0.25, 0.3) is 5.56 Å². The number of nitrogens with zero attached hydrogens (tertiary/aromatic N) is 2. The van der Waals surface area contributed by atoms with Crippen LogP contribution in [0.5, 0.6) is 11.5 Å². The zero-order chi connectivity index (χ0) is 14.7. The van der Waals surface area contributed by atoms with Crippen molar-refractivity contribution < 1.29 is 9.47 Å². The van der Waals surface area contributed by atoms with Crippen LogP contribution in [0.4, 0.5) is 0 Å². The van der Waals surface area contributed by atoms with Crippen LogP contribution >= 0.6 is 11.6 Å². The van der Waals surface area contributed by atoms with E-state index in [0.717, 1.165) is 5.56 Å². The summed E-state index contributed by atoms with van der Waals surface area (Å²) in [5, 5.41) is 4.58. The number of rotatable bonds is 4. The fourth-order valence-electron chi connectivity index (χ4n) is 1.87. The van der Waals surface area contributed by atoms with E-state index < -0.39 is 0 Å². The van der Waals surface area contributed by atoms with Gasteiger partial charge < -0.3 is 9.47 Å². The lowest BCUT2D eigenvalue weighted by molar-refractivity contribution is 0.355. The van der Waals surface area contributed by atoms with Crippen LogP contribution in [-0.2, 0) is 6.54 Å². The molecule has 6 heteroatoms. The Morgan fingerprint density at radius 3 is 2.50 bits per heavy atom. The summed E-state index contributed by atoms with van der Waals surface area (Å²) in [5.74, 6) is 1.20. The molecule has 0 bridgehead atoms. The largest absolute Gasteiger partial charge is 0.493 e. The van der Waals surface area contributed by atoms with Crippen molar-refractivity contribution in [3.8, 4) is 22.8 Å². The number of ether oxygens (including phenoxy) is 2. The Hall–Kier alpha value is -2.01. The minimum atomic E-state index is -0.221. The average Bonchev–Trinajstić information content (AvgIpc) is 2.46. The van der Waals surface area contributed by atoms with Crippen LogP contribution in [0.25, 0.3) is 11.3 Å². The second-order valence-electron chi connectivity index (χ2n) is 4.06. The molecule has 0 saturated carbocycles. The van der Waals surface area contributed by atoms with Crippen LogP contribution in [0.2, 0.25) is 5.02 Å². The molecule has 0 saturated heterocycles. The Bertz CT molecular complexity index is 683. The third kappa shape index (κ3) is 2.63. The van der Waals surface area contributed by atoms with E-state index in [9.17, 15) is 4.79 Å². The smallest absolute Gasteiger partial charge is 0.268 e. The van der Waals surface area contributed by atoms with Crippen molar-refractivity contribution in [3.63, 3.8) is 0 Å². The minimum absolute atomic E-state index is 0.221. The molecule has 5 nitrogen and oxygen atoms in total. The zero-order valence-corrected chi connectivity index (χ0v) is 12.3. The number of halogens is 1. The van der Waals surface area contributed by atoms with E-state index in [2.05, 4.69) is 5.10 Å². The summed E-state index contributed by atoms with van der Waals surface area (Å²) in [5.41, 5.74) is 1.07. The second-order valence-corrected chi connectivity index (χ2v) is 4.47. The highest BCUT2D eigenvalue weighted by Crippen LogP contribution is 2.33. The van der Waals surface area contributed by atoms with E-state index in [4.69, 9.17) is 21.1 Å². The SMILES string of the molecule is CCn1nc(-c2ccc(OC)c(OC)c2)c(Cl)cc1=O. The molecular weight excluding hydrogens is 280 g/mol. The molecule has 0 N–H and O–H groups in total. The lowest BCUT2D eigenvalue weighted by Crippen LogP contribution is -2.21. The Morgan fingerprint density at radius 1 is 1.20 bits per heavy atom. The zero-order valence-electron chi connectivity index (χ0n) is 11.5. The van der Waals surface area contributed by atoms with Crippen molar-refractivity contribution in [3.05, 3.63) is 39.6 Å². The molecule has 20 heavy (non-hydrogen) atoms. The molecular formula is C14H15ClN2O3. The van der Waals surface area contributed by atoms with Gasteiger partial charge in [-0.3, -0.25) is 4.79 Å². The molecule has 2 rings (SSSR count). The van der Waals surface area contributed by atoms with Crippen LogP contribution in [0.1, 0.15) is 6.92 Å². The molecule has 0 radical (unpaired) electrons. The lowest BCUT2D eigenvalue weighted by Gasteiger charge is -2.11. The number of aryl methyl sites for hydroxylation is 1.